The lowest BCUT2D eigenvalue weighted by atomic mass is 10.1. The number of aromatic nitrogens is 3. The second-order valence-electron chi connectivity index (χ2n) is 4.84. The summed E-state index contributed by atoms with van der Waals surface area (Å²) in [6.07, 6.45) is 3.11. The standard InChI is InChI=1S/C15H10Cl3N3O2S/c16-12-4-1-9(5-13(12)17)14-15(18)20-8-21(14)11-3-2-10(19-6-11)7-24(22)23/h1-6,8H,7H2,(H,22,23)/p-1. The number of rotatable bonds is 4. The number of nitrogens with zero attached hydrogens (tertiary/aromatic N) is 3. The third kappa shape index (κ3) is 3.63. The van der Waals surface area contributed by atoms with E-state index in [1.165, 1.54) is 0 Å². The molecule has 0 spiro atoms. The van der Waals surface area contributed by atoms with Gasteiger partial charge in [0.15, 0.2) is 5.15 Å². The van der Waals surface area contributed by atoms with E-state index in [2.05, 4.69) is 9.97 Å². The van der Waals surface area contributed by atoms with E-state index in [4.69, 9.17) is 34.8 Å². The molecule has 0 saturated carbocycles. The van der Waals surface area contributed by atoms with Crippen LogP contribution in [0.5, 0.6) is 0 Å². The van der Waals surface area contributed by atoms with Crippen molar-refractivity contribution in [3.8, 4) is 16.9 Å². The molecule has 0 aliphatic heterocycles. The predicted molar refractivity (Wildman–Crippen MR) is 94.4 cm³/mol. The van der Waals surface area contributed by atoms with Gasteiger partial charge >= 0.3 is 0 Å². The summed E-state index contributed by atoms with van der Waals surface area (Å²) in [5, 5.41) is 1.15. The van der Waals surface area contributed by atoms with Crippen LogP contribution in [0.25, 0.3) is 16.9 Å². The largest absolute Gasteiger partial charge is 0.772 e. The molecule has 9 heteroatoms. The van der Waals surface area contributed by atoms with Gasteiger partial charge in [0.05, 0.1) is 39.1 Å². The molecule has 1 atom stereocenters. The Bertz CT molecular complexity index is 913. The van der Waals surface area contributed by atoms with E-state index in [1.54, 1.807) is 47.4 Å². The molecule has 0 fully saturated rings. The summed E-state index contributed by atoms with van der Waals surface area (Å²) in [6, 6.07) is 8.55. The highest BCUT2D eigenvalue weighted by molar-refractivity contribution is 7.78. The average molecular weight is 402 g/mol. The lowest BCUT2D eigenvalue weighted by molar-refractivity contribution is 0.535. The van der Waals surface area contributed by atoms with Crippen LogP contribution in [0.2, 0.25) is 15.2 Å². The molecule has 2 heterocycles. The minimum atomic E-state index is -2.18. The normalized spacial score (nSPS) is 12.3. The summed E-state index contributed by atoms with van der Waals surface area (Å²) in [5.74, 6) is -0.134. The van der Waals surface area contributed by atoms with Crippen LogP contribution in [0.1, 0.15) is 5.69 Å². The van der Waals surface area contributed by atoms with Crippen LogP contribution in [0.15, 0.2) is 42.9 Å². The van der Waals surface area contributed by atoms with Crippen molar-refractivity contribution in [1.29, 1.82) is 0 Å². The van der Waals surface area contributed by atoms with Crippen molar-refractivity contribution in [3.63, 3.8) is 0 Å². The Kier molecular flexibility index (Phi) is 5.22. The maximum atomic E-state index is 10.7. The number of halogens is 3. The van der Waals surface area contributed by atoms with Gasteiger partial charge in [0.2, 0.25) is 0 Å². The molecule has 0 bridgehead atoms. The van der Waals surface area contributed by atoms with Crippen molar-refractivity contribution < 1.29 is 8.76 Å². The third-order valence-corrected chi connectivity index (χ3v) is 4.82. The maximum absolute atomic E-state index is 10.7. The quantitative estimate of drug-likeness (QED) is 0.612. The topological polar surface area (TPSA) is 70.8 Å². The fourth-order valence-corrected chi connectivity index (χ4v) is 3.14. The number of imidazole rings is 1. The van der Waals surface area contributed by atoms with Gasteiger partial charge < -0.3 is 4.55 Å². The van der Waals surface area contributed by atoms with Gasteiger partial charge in [-0.15, -0.1) is 0 Å². The molecule has 1 unspecified atom stereocenters. The van der Waals surface area contributed by atoms with E-state index in [0.717, 1.165) is 5.56 Å². The zero-order valence-electron chi connectivity index (χ0n) is 11.9. The smallest absolute Gasteiger partial charge is 0.155 e. The minimum absolute atomic E-state index is 0.134. The lowest BCUT2D eigenvalue weighted by Gasteiger charge is -2.10. The number of hydrogen-bond donors (Lipinski definition) is 0. The molecule has 0 saturated heterocycles. The van der Waals surface area contributed by atoms with Gasteiger partial charge in [0.25, 0.3) is 0 Å². The summed E-state index contributed by atoms with van der Waals surface area (Å²) >= 11 is 16.1. The van der Waals surface area contributed by atoms with Gasteiger partial charge in [-0.2, -0.15) is 0 Å². The molecule has 0 radical (unpaired) electrons. The highest BCUT2D eigenvalue weighted by atomic mass is 35.5. The Morgan fingerprint density at radius 2 is 1.88 bits per heavy atom. The van der Waals surface area contributed by atoms with Crippen LogP contribution in [0.3, 0.4) is 0 Å². The molecule has 2 aromatic heterocycles. The molecular formula is C15H9Cl3N3O2S-. The van der Waals surface area contributed by atoms with Gasteiger partial charge in [-0.25, -0.2) is 4.98 Å². The summed E-state index contributed by atoms with van der Waals surface area (Å²) in [5.41, 5.74) is 2.53. The number of hydrogen-bond acceptors (Lipinski definition) is 4. The zero-order chi connectivity index (χ0) is 17.3. The zero-order valence-corrected chi connectivity index (χ0v) is 15.0. The van der Waals surface area contributed by atoms with Crippen LogP contribution in [0.4, 0.5) is 0 Å². The first-order valence-corrected chi connectivity index (χ1v) is 9.03. The highest BCUT2D eigenvalue weighted by Gasteiger charge is 2.14. The Balaban J connectivity index is 2.03. The lowest BCUT2D eigenvalue weighted by Crippen LogP contribution is -2.00. The molecule has 3 aromatic rings. The van der Waals surface area contributed by atoms with Gasteiger partial charge in [0.1, 0.15) is 6.33 Å². The Morgan fingerprint density at radius 3 is 2.50 bits per heavy atom. The van der Waals surface area contributed by atoms with Crippen LogP contribution >= 0.6 is 34.8 Å². The summed E-state index contributed by atoms with van der Waals surface area (Å²) < 4.78 is 23.2. The molecule has 5 nitrogen and oxygen atoms in total. The fourth-order valence-electron chi connectivity index (χ4n) is 2.19. The molecule has 0 aliphatic rings. The van der Waals surface area contributed by atoms with E-state index >= 15 is 0 Å². The summed E-state index contributed by atoms with van der Waals surface area (Å²) in [7, 11) is 0. The second kappa shape index (κ2) is 7.21. The molecule has 0 N–H and O–H groups in total. The van der Waals surface area contributed by atoms with Gasteiger partial charge in [-0.05, 0) is 35.3 Å². The van der Waals surface area contributed by atoms with E-state index in [-0.39, 0.29) is 5.75 Å². The van der Waals surface area contributed by atoms with Crippen molar-refractivity contribution in [2.45, 2.75) is 5.75 Å². The van der Waals surface area contributed by atoms with Crippen LogP contribution in [-0.2, 0) is 16.8 Å². The summed E-state index contributed by atoms with van der Waals surface area (Å²) in [4.78, 5) is 8.26. The molecular weight excluding hydrogens is 393 g/mol. The maximum Gasteiger partial charge on any atom is 0.155 e. The van der Waals surface area contributed by atoms with Crippen molar-refractivity contribution in [2.75, 3.05) is 0 Å². The fraction of sp³-hybridized carbons (Fsp3) is 0.0667. The molecule has 0 amide bonds. The van der Waals surface area contributed by atoms with E-state index in [1.807, 2.05) is 0 Å². The minimum Gasteiger partial charge on any atom is -0.772 e. The van der Waals surface area contributed by atoms with Gasteiger partial charge in [-0.3, -0.25) is 13.8 Å². The Labute approximate surface area is 155 Å². The van der Waals surface area contributed by atoms with E-state index in [9.17, 15) is 8.76 Å². The second-order valence-corrected chi connectivity index (χ2v) is 6.91. The molecule has 1 aromatic carbocycles. The average Bonchev–Trinajstić information content (AvgIpc) is 2.92. The molecule has 0 aliphatic carbocycles. The Hall–Kier alpha value is -1.44. The molecule has 24 heavy (non-hydrogen) atoms. The van der Waals surface area contributed by atoms with Crippen molar-refractivity contribution in [3.05, 3.63) is 63.7 Å². The first-order chi connectivity index (χ1) is 11.5. The first-order valence-electron chi connectivity index (χ1n) is 6.65. The van der Waals surface area contributed by atoms with Gasteiger partial charge in [-0.1, -0.05) is 40.9 Å². The molecule has 124 valence electrons. The third-order valence-electron chi connectivity index (χ3n) is 3.27. The van der Waals surface area contributed by atoms with Crippen molar-refractivity contribution >= 4 is 45.9 Å². The monoisotopic (exact) mass is 400 g/mol. The van der Waals surface area contributed by atoms with Crippen LogP contribution in [0, 0.1) is 0 Å². The molecule has 3 rings (SSSR count). The van der Waals surface area contributed by atoms with Crippen molar-refractivity contribution in [1.82, 2.24) is 14.5 Å². The number of benzene rings is 1. The van der Waals surface area contributed by atoms with Crippen LogP contribution < -0.4 is 0 Å². The summed E-state index contributed by atoms with van der Waals surface area (Å²) in [6.45, 7) is 0. The van der Waals surface area contributed by atoms with E-state index in [0.29, 0.717) is 32.3 Å². The van der Waals surface area contributed by atoms with Crippen molar-refractivity contribution in [2.24, 2.45) is 0 Å². The SMILES string of the molecule is O=S([O-])Cc1ccc(-n2cnc(Cl)c2-c2ccc(Cl)c(Cl)c2)cn1. The van der Waals surface area contributed by atoms with Crippen LogP contribution in [-0.4, -0.2) is 23.3 Å². The number of pyridine rings is 1. The van der Waals surface area contributed by atoms with Gasteiger partial charge in [0, 0.05) is 5.56 Å². The highest BCUT2D eigenvalue weighted by Crippen LogP contribution is 2.33. The first kappa shape index (κ1) is 17.4. The van der Waals surface area contributed by atoms with E-state index < -0.39 is 11.1 Å². The Morgan fingerprint density at radius 1 is 1.08 bits per heavy atom. The predicted octanol–water partition coefficient (Wildman–Crippen LogP) is 4.27.